The normalized spacial score (nSPS) is 32.7. The molecular weight excluding hydrogens is 140 g/mol. The second kappa shape index (κ2) is 2.58. The summed E-state index contributed by atoms with van der Waals surface area (Å²) in [5.41, 5.74) is 0. The predicted octanol–water partition coefficient (Wildman–Crippen LogP) is 0.890. The van der Waals surface area contributed by atoms with Gasteiger partial charge in [-0.25, -0.2) is 0 Å². The van der Waals surface area contributed by atoms with Crippen molar-refractivity contribution < 1.29 is 9.84 Å². The van der Waals surface area contributed by atoms with Gasteiger partial charge in [0.1, 0.15) is 11.5 Å². The highest BCUT2D eigenvalue weighted by Gasteiger charge is 2.27. The second-order valence-corrected chi connectivity index (χ2v) is 2.87. The third-order valence-corrected chi connectivity index (χ3v) is 1.74. The number of hydrogen-bond donors (Lipinski definition) is 1. The SMILES string of the molecule is OCCC1(Cl)C=COC1. The summed E-state index contributed by atoms with van der Waals surface area (Å²) >= 11 is 5.90. The van der Waals surface area contributed by atoms with Gasteiger partial charge in [-0.3, -0.25) is 0 Å². The highest BCUT2D eigenvalue weighted by Crippen LogP contribution is 2.26. The summed E-state index contributed by atoms with van der Waals surface area (Å²) < 4.78 is 4.89. The van der Waals surface area contributed by atoms with Crippen LogP contribution in [0.25, 0.3) is 0 Å². The number of rotatable bonds is 2. The molecule has 2 nitrogen and oxygen atoms in total. The van der Waals surface area contributed by atoms with Crippen LogP contribution in [0, 0.1) is 0 Å². The van der Waals surface area contributed by atoms with Crippen molar-refractivity contribution in [3.8, 4) is 0 Å². The van der Waals surface area contributed by atoms with Crippen LogP contribution in [0.4, 0.5) is 0 Å². The lowest BCUT2D eigenvalue weighted by Gasteiger charge is -2.14. The third kappa shape index (κ3) is 1.60. The molecule has 1 unspecified atom stereocenters. The Kier molecular flexibility index (Phi) is 1.98. The Bertz CT molecular complexity index is 124. The van der Waals surface area contributed by atoms with Crippen LogP contribution in [-0.4, -0.2) is 23.2 Å². The molecule has 0 fully saturated rings. The Morgan fingerprint density at radius 2 is 2.56 bits per heavy atom. The molecule has 1 rings (SSSR count). The van der Waals surface area contributed by atoms with Crippen LogP contribution in [0.5, 0.6) is 0 Å². The molecule has 0 spiro atoms. The van der Waals surface area contributed by atoms with E-state index in [-0.39, 0.29) is 6.61 Å². The molecule has 0 aromatic heterocycles. The van der Waals surface area contributed by atoms with Gasteiger partial charge in [0, 0.05) is 6.61 Å². The summed E-state index contributed by atoms with van der Waals surface area (Å²) in [6.07, 6.45) is 3.90. The number of aliphatic hydroxyl groups excluding tert-OH is 1. The van der Waals surface area contributed by atoms with E-state index >= 15 is 0 Å². The molecule has 1 atom stereocenters. The molecular formula is C6H9ClO2. The van der Waals surface area contributed by atoms with Gasteiger partial charge in [-0.2, -0.15) is 0 Å². The molecule has 52 valence electrons. The van der Waals surface area contributed by atoms with E-state index in [4.69, 9.17) is 21.4 Å². The third-order valence-electron chi connectivity index (χ3n) is 1.31. The van der Waals surface area contributed by atoms with Crippen molar-refractivity contribution in [2.24, 2.45) is 0 Å². The van der Waals surface area contributed by atoms with Gasteiger partial charge in [0.2, 0.25) is 0 Å². The number of halogens is 1. The molecule has 1 heterocycles. The minimum atomic E-state index is -0.436. The summed E-state index contributed by atoms with van der Waals surface area (Å²) in [6.45, 7) is 0.590. The van der Waals surface area contributed by atoms with Crippen molar-refractivity contribution in [3.63, 3.8) is 0 Å². The molecule has 1 aliphatic rings. The predicted molar refractivity (Wildman–Crippen MR) is 35.4 cm³/mol. The van der Waals surface area contributed by atoms with Gasteiger partial charge in [-0.15, -0.1) is 11.6 Å². The highest BCUT2D eigenvalue weighted by atomic mass is 35.5. The van der Waals surface area contributed by atoms with Crippen molar-refractivity contribution in [1.82, 2.24) is 0 Å². The van der Waals surface area contributed by atoms with Crippen LogP contribution >= 0.6 is 11.6 Å². The Balaban J connectivity index is 2.42. The minimum Gasteiger partial charge on any atom is -0.499 e. The molecule has 0 bridgehead atoms. The average molecular weight is 149 g/mol. The van der Waals surface area contributed by atoms with Crippen LogP contribution in [0.15, 0.2) is 12.3 Å². The van der Waals surface area contributed by atoms with Crippen LogP contribution in [-0.2, 0) is 4.74 Å². The van der Waals surface area contributed by atoms with Gasteiger partial charge in [0.25, 0.3) is 0 Å². The average Bonchev–Trinajstić information content (AvgIpc) is 2.16. The molecule has 9 heavy (non-hydrogen) atoms. The fourth-order valence-corrected chi connectivity index (χ4v) is 0.945. The molecule has 0 aromatic carbocycles. The number of hydrogen-bond acceptors (Lipinski definition) is 2. The molecule has 0 radical (unpaired) electrons. The Morgan fingerprint density at radius 1 is 1.78 bits per heavy atom. The largest absolute Gasteiger partial charge is 0.499 e. The van der Waals surface area contributed by atoms with E-state index in [0.29, 0.717) is 13.0 Å². The lowest BCUT2D eigenvalue weighted by atomic mass is 10.1. The Labute approximate surface area is 59.1 Å². The van der Waals surface area contributed by atoms with E-state index in [1.807, 2.05) is 0 Å². The summed E-state index contributed by atoms with van der Waals surface area (Å²) in [5.74, 6) is 0. The van der Waals surface area contributed by atoms with Crippen LogP contribution in [0.1, 0.15) is 6.42 Å². The van der Waals surface area contributed by atoms with E-state index in [0.717, 1.165) is 0 Å². The second-order valence-electron chi connectivity index (χ2n) is 2.12. The molecule has 3 heteroatoms. The van der Waals surface area contributed by atoms with E-state index in [9.17, 15) is 0 Å². The van der Waals surface area contributed by atoms with Gasteiger partial charge in [-0.1, -0.05) is 0 Å². The molecule has 0 saturated heterocycles. The number of alkyl halides is 1. The maximum atomic E-state index is 8.52. The van der Waals surface area contributed by atoms with E-state index < -0.39 is 4.87 Å². The van der Waals surface area contributed by atoms with E-state index in [1.165, 1.54) is 0 Å². The Morgan fingerprint density at radius 3 is 3.00 bits per heavy atom. The number of ether oxygens (including phenoxy) is 1. The lowest BCUT2D eigenvalue weighted by molar-refractivity contribution is 0.224. The van der Waals surface area contributed by atoms with Crippen molar-refractivity contribution in [2.45, 2.75) is 11.3 Å². The van der Waals surface area contributed by atoms with Gasteiger partial charge < -0.3 is 9.84 Å². The van der Waals surface area contributed by atoms with Gasteiger partial charge in [-0.05, 0) is 12.5 Å². The zero-order chi connectivity index (χ0) is 6.74. The van der Waals surface area contributed by atoms with E-state index in [1.54, 1.807) is 12.3 Å². The van der Waals surface area contributed by atoms with E-state index in [2.05, 4.69) is 0 Å². The monoisotopic (exact) mass is 148 g/mol. The van der Waals surface area contributed by atoms with Gasteiger partial charge in [0.15, 0.2) is 0 Å². The first kappa shape index (κ1) is 6.90. The lowest BCUT2D eigenvalue weighted by Crippen LogP contribution is -2.21. The molecule has 0 amide bonds. The van der Waals surface area contributed by atoms with Gasteiger partial charge in [0.05, 0.1) is 6.26 Å². The van der Waals surface area contributed by atoms with Crippen LogP contribution < -0.4 is 0 Å². The van der Waals surface area contributed by atoms with Crippen LogP contribution in [0.2, 0.25) is 0 Å². The van der Waals surface area contributed by atoms with Crippen molar-refractivity contribution >= 4 is 11.6 Å². The zero-order valence-corrected chi connectivity index (χ0v) is 5.77. The summed E-state index contributed by atoms with van der Waals surface area (Å²) in [4.78, 5) is -0.436. The van der Waals surface area contributed by atoms with Crippen molar-refractivity contribution in [2.75, 3.05) is 13.2 Å². The first-order valence-electron chi connectivity index (χ1n) is 2.86. The molecule has 0 aliphatic carbocycles. The molecule has 0 saturated carbocycles. The molecule has 1 aliphatic heterocycles. The fourth-order valence-electron chi connectivity index (χ4n) is 0.746. The highest BCUT2D eigenvalue weighted by molar-refractivity contribution is 6.25. The fraction of sp³-hybridized carbons (Fsp3) is 0.667. The Hall–Kier alpha value is -0.210. The summed E-state index contributed by atoms with van der Waals surface area (Å²) in [7, 11) is 0. The molecule has 1 N–H and O–H groups in total. The standard InChI is InChI=1S/C6H9ClO2/c7-6(1-3-8)2-4-9-5-6/h2,4,8H,1,3,5H2. The smallest absolute Gasteiger partial charge is 0.110 e. The minimum absolute atomic E-state index is 0.108. The topological polar surface area (TPSA) is 29.5 Å². The summed E-state index contributed by atoms with van der Waals surface area (Å²) in [5, 5.41) is 8.52. The maximum absolute atomic E-state index is 8.52. The first-order chi connectivity index (χ1) is 4.27. The number of aliphatic hydroxyl groups is 1. The maximum Gasteiger partial charge on any atom is 0.110 e. The quantitative estimate of drug-likeness (QED) is 0.590. The van der Waals surface area contributed by atoms with Gasteiger partial charge >= 0.3 is 0 Å². The van der Waals surface area contributed by atoms with Crippen molar-refractivity contribution in [3.05, 3.63) is 12.3 Å². The van der Waals surface area contributed by atoms with Crippen molar-refractivity contribution in [1.29, 1.82) is 0 Å². The zero-order valence-electron chi connectivity index (χ0n) is 5.01. The summed E-state index contributed by atoms with van der Waals surface area (Å²) in [6, 6.07) is 0. The van der Waals surface area contributed by atoms with Crippen LogP contribution in [0.3, 0.4) is 0 Å². The molecule has 0 aromatic rings. The first-order valence-corrected chi connectivity index (χ1v) is 3.24.